The van der Waals surface area contributed by atoms with E-state index in [2.05, 4.69) is 4.74 Å². The highest BCUT2D eigenvalue weighted by Gasteiger charge is 2.53. The summed E-state index contributed by atoms with van der Waals surface area (Å²) in [5.41, 5.74) is 0.658. The van der Waals surface area contributed by atoms with Gasteiger partial charge in [0.1, 0.15) is 18.5 Å². The lowest BCUT2D eigenvalue weighted by atomic mass is 9.98. The van der Waals surface area contributed by atoms with Gasteiger partial charge in [0.15, 0.2) is 12.2 Å². The topological polar surface area (TPSA) is 150 Å². The summed E-state index contributed by atoms with van der Waals surface area (Å²) in [7, 11) is 1.28. The fourth-order valence-corrected chi connectivity index (χ4v) is 3.34. The lowest BCUT2D eigenvalue weighted by Crippen LogP contribution is -2.63. The minimum absolute atomic E-state index is 0.0514. The normalized spacial score (nSPS) is 23.4. The van der Waals surface area contributed by atoms with Gasteiger partial charge in [-0.3, -0.25) is 24.0 Å². The molecular formula is C23H28O12. The van der Waals surface area contributed by atoms with Crippen molar-refractivity contribution in [3.05, 3.63) is 29.8 Å². The number of methoxy groups -OCH3 is 1. The molecule has 0 radical (unpaired) electrons. The van der Waals surface area contributed by atoms with E-state index in [1.807, 2.05) is 0 Å². The molecule has 192 valence electrons. The molecule has 35 heavy (non-hydrogen) atoms. The molecule has 5 atom stereocenters. The second kappa shape index (κ2) is 12.7. The van der Waals surface area contributed by atoms with Crippen LogP contribution in [-0.4, -0.2) is 74.3 Å². The van der Waals surface area contributed by atoms with Gasteiger partial charge in [0, 0.05) is 27.7 Å². The lowest BCUT2D eigenvalue weighted by Gasteiger charge is -2.43. The van der Waals surface area contributed by atoms with Crippen LogP contribution in [0, 0.1) is 0 Å². The van der Waals surface area contributed by atoms with E-state index in [0.717, 1.165) is 20.8 Å². The first-order valence-electron chi connectivity index (χ1n) is 10.6. The maximum atomic E-state index is 11.9. The van der Waals surface area contributed by atoms with E-state index in [1.54, 1.807) is 24.3 Å². The third-order valence-electron chi connectivity index (χ3n) is 4.70. The van der Waals surface area contributed by atoms with Gasteiger partial charge in [-0.05, 0) is 17.7 Å². The minimum Gasteiger partial charge on any atom is -0.469 e. The number of hydrogen-bond acceptors (Lipinski definition) is 12. The van der Waals surface area contributed by atoms with Crippen LogP contribution in [-0.2, 0) is 58.8 Å². The molecule has 0 aromatic heterocycles. The third-order valence-corrected chi connectivity index (χ3v) is 4.70. The van der Waals surface area contributed by atoms with Gasteiger partial charge in [-0.15, -0.1) is 0 Å². The average Bonchev–Trinajstić information content (AvgIpc) is 2.76. The maximum Gasteiger partial charge on any atom is 0.309 e. The van der Waals surface area contributed by atoms with Crippen molar-refractivity contribution in [3.63, 3.8) is 0 Å². The van der Waals surface area contributed by atoms with E-state index in [0.29, 0.717) is 5.56 Å². The molecule has 1 fully saturated rings. The monoisotopic (exact) mass is 496 g/mol. The molecule has 0 aliphatic carbocycles. The Kier molecular flexibility index (Phi) is 10.0. The second-order valence-electron chi connectivity index (χ2n) is 7.58. The van der Waals surface area contributed by atoms with Crippen LogP contribution in [0.15, 0.2) is 24.3 Å². The Morgan fingerprint density at radius 2 is 1.31 bits per heavy atom. The molecule has 3 unspecified atom stereocenters. The summed E-state index contributed by atoms with van der Waals surface area (Å²) in [6, 6.07) is 6.34. The van der Waals surface area contributed by atoms with Crippen LogP contribution in [0.3, 0.4) is 0 Å². The van der Waals surface area contributed by atoms with Crippen molar-refractivity contribution in [1.82, 2.24) is 0 Å². The molecule has 12 heteroatoms. The molecule has 12 nitrogen and oxygen atoms in total. The van der Waals surface area contributed by atoms with E-state index in [4.69, 9.17) is 28.4 Å². The van der Waals surface area contributed by atoms with Gasteiger partial charge in [0.2, 0.25) is 12.4 Å². The molecule has 0 amide bonds. The van der Waals surface area contributed by atoms with Crippen molar-refractivity contribution in [2.75, 3.05) is 13.7 Å². The van der Waals surface area contributed by atoms with Gasteiger partial charge >= 0.3 is 29.8 Å². The number of benzene rings is 1. The van der Waals surface area contributed by atoms with E-state index < -0.39 is 60.6 Å². The van der Waals surface area contributed by atoms with E-state index >= 15 is 0 Å². The number of carbonyl (C=O) groups is 5. The number of esters is 5. The largest absolute Gasteiger partial charge is 0.469 e. The Morgan fingerprint density at radius 1 is 0.771 bits per heavy atom. The highest BCUT2D eigenvalue weighted by atomic mass is 16.7. The van der Waals surface area contributed by atoms with Gasteiger partial charge in [-0.25, -0.2) is 0 Å². The van der Waals surface area contributed by atoms with E-state index in [1.165, 1.54) is 14.0 Å². The van der Waals surface area contributed by atoms with E-state index in [-0.39, 0.29) is 18.8 Å². The highest BCUT2D eigenvalue weighted by Crippen LogP contribution is 2.31. The summed E-state index contributed by atoms with van der Waals surface area (Å²) < 4.78 is 37.4. The van der Waals surface area contributed by atoms with Gasteiger partial charge in [-0.1, -0.05) is 12.1 Å². The number of hydrogen-bond donors (Lipinski definition) is 0. The Labute approximate surface area is 201 Å². The SMILES string of the molecule is COC(=O)Cc1ccc(O[C@@H]2OC(COC(C)=O)[C@H](OC(C)=O)C(OC(C)=O)C2OC(C)=O)cc1. The standard InChI is InChI=1S/C23H28O12/c1-12(24)30-11-18-20(31-13(2)25)21(32-14(3)26)22(33-15(4)27)23(35-18)34-17-8-6-16(7-9-17)10-19(28)29-5/h6-9,18,20-23H,10-11H2,1-5H3/t18?,20-,21?,22?,23+/m0/s1. The summed E-state index contributed by atoms with van der Waals surface area (Å²) in [6.45, 7) is 4.21. The molecule has 0 spiro atoms. The Balaban J connectivity index is 2.38. The molecule has 0 saturated carbocycles. The smallest absolute Gasteiger partial charge is 0.309 e. The zero-order valence-electron chi connectivity index (χ0n) is 20.0. The maximum absolute atomic E-state index is 11.9. The van der Waals surface area contributed by atoms with Crippen LogP contribution in [0.25, 0.3) is 0 Å². The number of carbonyl (C=O) groups excluding carboxylic acids is 5. The molecule has 0 N–H and O–H groups in total. The molecule has 1 heterocycles. The quantitative estimate of drug-likeness (QED) is 0.352. The van der Waals surface area contributed by atoms with E-state index in [9.17, 15) is 24.0 Å². The highest BCUT2D eigenvalue weighted by molar-refractivity contribution is 5.72. The van der Waals surface area contributed by atoms with Crippen molar-refractivity contribution in [3.8, 4) is 5.75 Å². The lowest BCUT2D eigenvalue weighted by molar-refractivity contribution is -0.288. The van der Waals surface area contributed by atoms with Gasteiger partial charge in [0.05, 0.1) is 13.5 Å². The molecular weight excluding hydrogens is 468 g/mol. The summed E-state index contributed by atoms with van der Waals surface area (Å²) in [5.74, 6) is -3.00. The van der Waals surface area contributed by atoms with Crippen molar-refractivity contribution in [2.45, 2.75) is 64.8 Å². The fourth-order valence-electron chi connectivity index (χ4n) is 3.34. The van der Waals surface area contributed by atoms with Crippen LogP contribution in [0.4, 0.5) is 0 Å². The first-order chi connectivity index (χ1) is 16.5. The average molecular weight is 496 g/mol. The second-order valence-corrected chi connectivity index (χ2v) is 7.58. The Hall–Kier alpha value is -3.67. The van der Waals surface area contributed by atoms with Crippen LogP contribution >= 0.6 is 0 Å². The van der Waals surface area contributed by atoms with Crippen molar-refractivity contribution in [2.24, 2.45) is 0 Å². The summed E-state index contributed by atoms with van der Waals surface area (Å²) >= 11 is 0. The zero-order chi connectivity index (χ0) is 26.1. The van der Waals surface area contributed by atoms with Crippen LogP contribution in [0.5, 0.6) is 5.75 Å². The van der Waals surface area contributed by atoms with Crippen molar-refractivity contribution >= 4 is 29.8 Å². The molecule has 1 aliphatic rings. The summed E-state index contributed by atoms with van der Waals surface area (Å²) in [4.78, 5) is 58.3. The predicted octanol–water partition coefficient (Wildman–Crippen LogP) is 0.864. The van der Waals surface area contributed by atoms with Crippen LogP contribution in [0.2, 0.25) is 0 Å². The van der Waals surface area contributed by atoms with Gasteiger partial charge < -0.3 is 33.2 Å². The first-order valence-corrected chi connectivity index (χ1v) is 10.6. The summed E-state index contributed by atoms with van der Waals surface area (Å²) in [5, 5.41) is 0. The predicted molar refractivity (Wildman–Crippen MR) is 115 cm³/mol. The number of ether oxygens (including phenoxy) is 7. The third kappa shape index (κ3) is 8.56. The van der Waals surface area contributed by atoms with Gasteiger partial charge in [-0.2, -0.15) is 0 Å². The summed E-state index contributed by atoms with van der Waals surface area (Å²) in [6.07, 6.45) is -6.37. The molecule has 1 aromatic rings. The Bertz CT molecular complexity index is 925. The number of rotatable bonds is 9. The molecule has 1 saturated heterocycles. The zero-order valence-corrected chi connectivity index (χ0v) is 20.0. The van der Waals surface area contributed by atoms with Crippen LogP contribution in [0.1, 0.15) is 33.3 Å². The first kappa shape index (κ1) is 27.6. The van der Waals surface area contributed by atoms with Crippen molar-refractivity contribution in [1.29, 1.82) is 0 Å². The van der Waals surface area contributed by atoms with Gasteiger partial charge in [0.25, 0.3) is 0 Å². The molecule has 1 aliphatic heterocycles. The fraction of sp³-hybridized carbons (Fsp3) is 0.522. The molecule has 2 rings (SSSR count). The van der Waals surface area contributed by atoms with Crippen molar-refractivity contribution < 1.29 is 57.1 Å². The molecule has 1 aromatic carbocycles. The molecule has 0 bridgehead atoms. The minimum atomic E-state index is -1.35. The Morgan fingerprint density at radius 3 is 1.83 bits per heavy atom. The van der Waals surface area contributed by atoms with Crippen LogP contribution < -0.4 is 4.74 Å².